The van der Waals surface area contributed by atoms with Crippen LogP contribution in [0.3, 0.4) is 0 Å². The molecule has 214 valence electrons. The van der Waals surface area contributed by atoms with Crippen LogP contribution in [0.2, 0.25) is 0 Å². The molecule has 0 radical (unpaired) electrons. The summed E-state index contributed by atoms with van der Waals surface area (Å²) in [5.74, 6) is -3.68. The number of nitrogens with zero attached hydrogens (tertiary/aromatic N) is 1. The molecule has 0 unspecified atom stereocenters. The summed E-state index contributed by atoms with van der Waals surface area (Å²) >= 11 is 0. The third kappa shape index (κ3) is 7.99. The fraction of sp³-hybridized carbons (Fsp3) is 0.593. The van der Waals surface area contributed by atoms with Crippen LogP contribution >= 0.6 is 0 Å². The van der Waals surface area contributed by atoms with E-state index in [1.54, 1.807) is 49.1 Å². The Balaban J connectivity index is 1.72. The van der Waals surface area contributed by atoms with Crippen LogP contribution in [0.5, 0.6) is 0 Å². The van der Waals surface area contributed by atoms with Crippen LogP contribution in [0.15, 0.2) is 30.3 Å². The molecule has 6 N–H and O–H groups in total. The lowest BCUT2D eigenvalue weighted by Gasteiger charge is -2.30. The van der Waals surface area contributed by atoms with Gasteiger partial charge in [-0.05, 0) is 43.7 Å². The highest BCUT2D eigenvalue weighted by Gasteiger charge is 2.39. The lowest BCUT2D eigenvalue weighted by atomic mass is 10.00. The van der Waals surface area contributed by atoms with Crippen molar-refractivity contribution in [2.24, 2.45) is 5.92 Å². The van der Waals surface area contributed by atoms with Crippen LogP contribution in [0, 0.1) is 5.92 Å². The van der Waals surface area contributed by atoms with E-state index < -0.39 is 54.5 Å². The zero-order valence-corrected chi connectivity index (χ0v) is 22.4. The number of carboxylic acid groups (broad SMARTS) is 1. The van der Waals surface area contributed by atoms with Crippen molar-refractivity contribution < 1.29 is 34.2 Å². The Morgan fingerprint density at radius 3 is 2.26 bits per heavy atom. The molecule has 1 aromatic carbocycles. The maximum atomic E-state index is 13.4. The average molecular weight is 546 g/mol. The Kier molecular flexibility index (Phi) is 10.8. The molecule has 2 fully saturated rings. The smallest absolute Gasteiger partial charge is 0.328 e. The molecule has 2 aliphatic heterocycles. The summed E-state index contributed by atoms with van der Waals surface area (Å²) < 4.78 is 0. The molecule has 4 amide bonds. The molecule has 5 atom stereocenters. The minimum absolute atomic E-state index is 0.0637. The highest BCUT2D eigenvalue weighted by molar-refractivity contribution is 5.96. The first-order chi connectivity index (χ1) is 18.6. The van der Waals surface area contributed by atoms with Gasteiger partial charge in [-0.3, -0.25) is 19.2 Å². The zero-order chi connectivity index (χ0) is 28.5. The van der Waals surface area contributed by atoms with E-state index in [1.165, 1.54) is 0 Å². The van der Waals surface area contributed by atoms with Gasteiger partial charge in [0.2, 0.25) is 23.6 Å². The van der Waals surface area contributed by atoms with E-state index in [1.807, 2.05) is 0 Å². The number of likely N-dealkylation sites (tertiary alicyclic amines) is 1. The van der Waals surface area contributed by atoms with Crippen molar-refractivity contribution in [2.75, 3.05) is 19.7 Å². The van der Waals surface area contributed by atoms with E-state index in [2.05, 4.69) is 21.3 Å². The number of carboxylic acids is 1. The number of aliphatic hydroxyl groups is 1. The molecule has 2 heterocycles. The van der Waals surface area contributed by atoms with Crippen LogP contribution in [-0.4, -0.2) is 94.6 Å². The van der Waals surface area contributed by atoms with Crippen molar-refractivity contribution in [3.8, 4) is 0 Å². The number of carbonyl (C=O) groups is 5. The molecule has 12 heteroatoms. The van der Waals surface area contributed by atoms with Gasteiger partial charge >= 0.3 is 5.97 Å². The minimum Gasteiger partial charge on any atom is -0.480 e. The first-order valence-electron chi connectivity index (χ1n) is 13.4. The molecule has 2 aliphatic rings. The van der Waals surface area contributed by atoms with Gasteiger partial charge in [-0.2, -0.15) is 0 Å². The van der Waals surface area contributed by atoms with Crippen LogP contribution < -0.4 is 21.3 Å². The Morgan fingerprint density at radius 1 is 0.974 bits per heavy atom. The Morgan fingerprint density at radius 2 is 1.67 bits per heavy atom. The third-order valence-electron chi connectivity index (χ3n) is 7.16. The van der Waals surface area contributed by atoms with Gasteiger partial charge in [-0.1, -0.05) is 44.2 Å². The van der Waals surface area contributed by atoms with Crippen molar-refractivity contribution in [1.29, 1.82) is 0 Å². The number of aliphatic carboxylic acids is 1. The van der Waals surface area contributed by atoms with Crippen LogP contribution in [0.1, 0.15) is 45.1 Å². The highest BCUT2D eigenvalue weighted by Crippen LogP contribution is 2.21. The van der Waals surface area contributed by atoms with E-state index >= 15 is 0 Å². The third-order valence-corrected chi connectivity index (χ3v) is 7.16. The summed E-state index contributed by atoms with van der Waals surface area (Å²) in [6.45, 7) is 3.93. The number of nitrogens with one attached hydrogen (secondary N) is 4. The quantitative estimate of drug-likeness (QED) is 0.197. The van der Waals surface area contributed by atoms with E-state index in [0.29, 0.717) is 19.4 Å². The van der Waals surface area contributed by atoms with E-state index in [4.69, 9.17) is 0 Å². The number of benzene rings is 1. The van der Waals surface area contributed by atoms with Gasteiger partial charge in [-0.25, -0.2) is 4.79 Å². The van der Waals surface area contributed by atoms with Crippen molar-refractivity contribution >= 4 is 29.6 Å². The molecule has 3 rings (SSSR count). The normalized spacial score (nSPS) is 21.2. The second-order valence-electron chi connectivity index (χ2n) is 10.4. The standard InChI is InChI=1S/C27H39N5O7/c1-16(2)22(31-24(35)21-11-7-13-32(21)26(37)18-10-6-12-28-18)25(36)29-19(14-17-8-4-3-5-9-17)23(34)30-20(15-33)27(38)39/h3-5,8-9,16,18-22,28,33H,6-7,10-15H2,1-2H3,(H,29,36)(H,30,34)(H,31,35)(H,38,39)/t18-,19-,20-,21-,22-/m0/s1. The molecular formula is C27H39N5O7. The molecule has 0 saturated carbocycles. The molecule has 0 aliphatic carbocycles. The van der Waals surface area contributed by atoms with Gasteiger partial charge in [0.25, 0.3) is 0 Å². The molecule has 0 aromatic heterocycles. The molecule has 39 heavy (non-hydrogen) atoms. The van der Waals surface area contributed by atoms with E-state index in [9.17, 15) is 34.2 Å². The monoisotopic (exact) mass is 545 g/mol. The summed E-state index contributed by atoms with van der Waals surface area (Å²) in [5.41, 5.74) is 0.722. The van der Waals surface area contributed by atoms with Crippen molar-refractivity contribution in [3.05, 3.63) is 35.9 Å². The van der Waals surface area contributed by atoms with Crippen molar-refractivity contribution in [3.63, 3.8) is 0 Å². The van der Waals surface area contributed by atoms with E-state index in [-0.39, 0.29) is 24.3 Å². The maximum absolute atomic E-state index is 13.4. The first-order valence-corrected chi connectivity index (χ1v) is 13.4. The second-order valence-corrected chi connectivity index (χ2v) is 10.4. The Hall–Kier alpha value is -3.51. The average Bonchev–Trinajstić information content (AvgIpc) is 3.62. The number of hydrogen-bond acceptors (Lipinski definition) is 7. The van der Waals surface area contributed by atoms with Gasteiger partial charge in [0.15, 0.2) is 0 Å². The predicted molar refractivity (Wildman–Crippen MR) is 141 cm³/mol. The lowest BCUT2D eigenvalue weighted by molar-refractivity contribution is -0.143. The van der Waals surface area contributed by atoms with Gasteiger partial charge in [0, 0.05) is 13.0 Å². The molecule has 0 spiro atoms. The summed E-state index contributed by atoms with van der Waals surface area (Å²) in [6.07, 6.45) is 2.87. The summed E-state index contributed by atoms with van der Waals surface area (Å²) in [7, 11) is 0. The summed E-state index contributed by atoms with van der Waals surface area (Å²) in [4.78, 5) is 65.6. The molecule has 1 aromatic rings. The summed E-state index contributed by atoms with van der Waals surface area (Å²) in [5, 5.41) is 29.4. The Labute approximate surface area is 227 Å². The summed E-state index contributed by atoms with van der Waals surface area (Å²) in [6, 6.07) is 4.19. The molecular weight excluding hydrogens is 506 g/mol. The SMILES string of the molecule is CC(C)[C@H](NC(=O)[C@@H]1CCCN1C(=O)[C@@H]1CCCN1)C(=O)N[C@@H](Cc1ccccc1)C(=O)N[C@@H](CO)C(=O)O. The fourth-order valence-electron chi connectivity index (χ4n) is 4.96. The van der Waals surface area contributed by atoms with E-state index in [0.717, 1.165) is 24.9 Å². The van der Waals surface area contributed by atoms with Gasteiger partial charge in [0.1, 0.15) is 24.2 Å². The zero-order valence-electron chi connectivity index (χ0n) is 22.4. The highest BCUT2D eigenvalue weighted by atomic mass is 16.4. The largest absolute Gasteiger partial charge is 0.480 e. The van der Waals surface area contributed by atoms with Crippen molar-refractivity contribution in [2.45, 2.75) is 76.2 Å². The second kappa shape index (κ2) is 14.0. The topological polar surface area (TPSA) is 177 Å². The first kappa shape index (κ1) is 30.0. The fourth-order valence-corrected chi connectivity index (χ4v) is 4.96. The number of carbonyl (C=O) groups excluding carboxylic acids is 4. The number of amides is 4. The van der Waals surface area contributed by atoms with Gasteiger partial charge in [-0.15, -0.1) is 0 Å². The number of hydrogen-bond donors (Lipinski definition) is 6. The van der Waals surface area contributed by atoms with Gasteiger partial charge in [0.05, 0.1) is 12.6 Å². The molecule has 0 bridgehead atoms. The predicted octanol–water partition coefficient (Wildman–Crippen LogP) is -0.841. The number of aliphatic hydroxyl groups excluding tert-OH is 1. The Bertz CT molecular complexity index is 1030. The minimum atomic E-state index is -1.53. The van der Waals surface area contributed by atoms with Gasteiger partial charge < -0.3 is 36.4 Å². The van der Waals surface area contributed by atoms with Crippen LogP contribution in [0.4, 0.5) is 0 Å². The molecule has 2 saturated heterocycles. The van der Waals surface area contributed by atoms with Crippen LogP contribution in [0.25, 0.3) is 0 Å². The molecule has 12 nitrogen and oxygen atoms in total. The van der Waals surface area contributed by atoms with Crippen molar-refractivity contribution in [1.82, 2.24) is 26.2 Å². The number of rotatable bonds is 12. The maximum Gasteiger partial charge on any atom is 0.328 e. The lowest BCUT2D eigenvalue weighted by Crippen LogP contribution is -2.59. The van der Waals surface area contributed by atoms with Crippen LogP contribution in [-0.2, 0) is 30.4 Å².